The third-order valence-corrected chi connectivity index (χ3v) is 5.85. The van der Waals surface area contributed by atoms with Gasteiger partial charge < -0.3 is 19.4 Å². The number of hydrogen-bond donors (Lipinski definition) is 1. The minimum absolute atomic E-state index is 0.106. The topological polar surface area (TPSA) is 97.4 Å². The molecule has 4 heterocycles. The number of rotatable bonds is 4. The Labute approximate surface area is 165 Å². The third kappa shape index (κ3) is 3.63. The van der Waals surface area contributed by atoms with E-state index in [1.54, 1.807) is 12.1 Å². The number of aromatic amines is 1. The number of nitrogens with one attached hydrogen (secondary N) is 1. The van der Waals surface area contributed by atoms with Gasteiger partial charge in [0, 0.05) is 24.2 Å². The van der Waals surface area contributed by atoms with Crippen LogP contribution in [0.15, 0.2) is 23.1 Å². The van der Waals surface area contributed by atoms with Crippen LogP contribution in [0.2, 0.25) is 0 Å². The van der Waals surface area contributed by atoms with Gasteiger partial charge in [0.15, 0.2) is 0 Å². The number of aryl methyl sites for hydroxylation is 2. The lowest BCUT2D eigenvalue weighted by atomic mass is 10.2. The normalized spacial score (nSPS) is 14.4. The zero-order valence-electron chi connectivity index (χ0n) is 15.7. The van der Waals surface area contributed by atoms with Crippen molar-refractivity contribution in [2.75, 3.05) is 31.2 Å². The number of carbonyl (C=O) groups is 1. The molecule has 146 valence electrons. The lowest BCUT2D eigenvalue weighted by Crippen LogP contribution is -2.36. The monoisotopic (exact) mass is 400 g/mol. The Hall–Kier alpha value is -2.78. The van der Waals surface area contributed by atoms with Crippen LogP contribution in [0.4, 0.5) is 5.82 Å². The molecule has 0 radical (unpaired) electrons. The highest BCUT2D eigenvalue weighted by molar-refractivity contribution is 7.18. The van der Waals surface area contributed by atoms with Crippen LogP contribution < -0.4 is 10.5 Å². The smallest absolute Gasteiger partial charge is 0.340 e. The summed E-state index contributed by atoms with van der Waals surface area (Å²) in [6.07, 6.45) is 1.50. The molecule has 0 atom stereocenters. The van der Waals surface area contributed by atoms with Gasteiger partial charge in [-0.25, -0.2) is 14.8 Å². The van der Waals surface area contributed by atoms with Gasteiger partial charge in [-0.1, -0.05) is 0 Å². The van der Waals surface area contributed by atoms with E-state index >= 15 is 0 Å². The summed E-state index contributed by atoms with van der Waals surface area (Å²) < 4.78 is 10.6. The average molecular weight is 400 g/mol. The van der Waals surface area contributed by atoms with Gasteiger partial charge in [-0.3, -0.25) is 4.79 Å². The first-order chi connectivity index (χ1) is 13.5. The number of anilines is 1. The molecule has 0 aliphatic carbocycles. The molecule has 1 saturated heterocycles. The molecule has 0 spiro atoms. The van der Waals surface area contributed by atoms with Crippen LogP contribution in [-0.2, 0) is 16.1 Å². The van der Waals surface area contributed by atoms with Crippen LogP contribution in [0.1, 0.15) is 26.6 Å². The van der Waals surface area contributed by atoms with E-state index in [9.17, 15) is 9.59 Å². The van der Waals surface area contributed by atoms with Crippen molar-refractivity contribution in [3.05, 3.63) is 50.5 Å². The molecule has 1 N–H and O–H groups in total. The van der Waals surface area contributed by atoms with E-state index in [-0.39, 0.29) is 12.2 Å². The Bertz CT molecular complexity index is 1070. The Kier molecular flexibility index (Phi) is 5.10. The van der Waals surface area contributed by atoms with Crippen molar-refractivity contribution in [1.29, 1.82) is 0 Å². The summed E-state index contributed by atoms with van der Waals surface area (Å²) in [5, 5.41) is 0.598. The average Bonchev–Trinajstić information content (AvgIpc) is 3.01. The summed E-state index contributed by atoms with van der Waals surface area (Å²) in [6.45, 7) is 6.65. The summed E-state index contributed by atoms with van der Waals surface area (Å²) in [7, 11) is 0. The minimum Gasteiger partial charge on any atom is -0.454 e. The quantitative estimate of drug-likeness (QED) is 0.671. The molecule has 3 aromatic rings. The highest BCUT2D eigenvalue weighted by Crippen LogP contribution is 2.25. The second-order valence-corrected chi connectivity index (χ2v) is 7.76. The number of nitrogens with zero attached hydrogens (tertiary/aromatic N) is 3. The van der Waals surface area contributed by atoms with Crippen molar-refractivity contribution in [2.24, 2.45) is 0 Å². The van der Waals surface area contributed by atoms with Crippen molar-refractivity contribution in [2.45, 2.75) is 20.5 Å². The van der Waals surface area contributed by atoms with Gasteiger partial charge in [0.1, 0.15) is 23.1 Å². The van der Waals surface area contributed by atoms with E-state index in [1.807, 2.05) is 13.8 Å². The van der Waals surface area contributed by atoms with Crippen LogP contribution in [0.3, 0.4) is 0 Å². The number of fused-ring (bicyclic) bond motifs is 1. The van der Waals surface area contributed by atoms with Crippen molar-refractivity contribution < 1.29 is 14.3 Å². The number of hydrogen-bond acceptors (Lipinski definition) is 8. The third-order valence-electron chi connectivity index (χ3n) is 4.75. The van der Waals surface area contributed by atoms with Crippen LogP contribution >= 0.6 is 11.3 Å². The van der Waals surface area contributed by atoms with E-state index < -0.39 is 5.97 Å². The van der Waals surface area contributed by atoms with Gasteiger partial charge in [0.25, 0.3) is 5.56 Å². The molecule has 0 aromatic carbocycles. The summed E-state index contributed by atoms with van der Waals surface area (Å²) in [5.74, 6) is 0.618. The molecule has 4 rings (SSSR count). The van der Waals surface area contributed by atoms with Crippen molar-refractivity contribution in [3.63, 3.8) is 0 Å². The molecular weight excluding hydrogens is 380 g/mol. The summed E-state index contributed by atoms with van der Waals surface area (Å²) in [4.78, 5) is 39.8. The number of thiophene rings is 1. The number of carbonyl (C=O) groups excluding carboxylic acids is 1. The second kappa shape index (κ2) is 7.69. The Morgan fingerprint density at radius 2 is 2.11 bits per heavy atom. The first-order valence-corrected chi connectivity index (χ1v) is 9.79. The molecule has 28 heavy (non-hydrogen) atoms. The van der Waals surface area contributed by atoms with E-state index in [0.29, 0.717) is 34.8 Å². The highest BCUT2D eigenvalue weighted by atomic mass is 32.1. The van der Waals surface area contributed by atoms with Gasteiger partial charge in [-0.05, 0) is 31.5 Å². The number of H-pyrrole nitrogens is 1. The zero-order valence-corrected chi connectivity index (χ0v) is 16.5. The molecule has 1 fully saturated rings. The lowest BCUT2D eigenvalue weighted by molar-refractivity contribution is 0.0462. The summed E-state index contributed by atoms with van der Waals surface area (Å²) in [6, 6.07) is 3.48. The molecule has 0 saturated carbocycles. The maximum absolute atomic E-state index is 12.3. The highest BCUT2D eigenvalue weighted by Gasteiger charge is 2.16. The van der Waals surface area contributed by atoms with Crippen molar-refractivity contribution >= 4 is 33.3 Å². The predicted octanol–water partition coefficient (Wildman–Crippen LogP) is 2.19. The Balaban J connectivity index is 1.44. The molecule has 0 unspecified atom stereocenters. The fourth-order valence-corrected chi connectivity index (χ4v) is 4.12. The summed E-state index contributed by atoms with van der Waals surface area (Å²) in [5.41, 5.74) is 1.07. The fraction of sp³-hybridized carbons (Fsp3) is 0.368. The van der Waals surface area contributed by atoms with E-state index in [4.69, 9.17) is 9.47 Å². The van der Waals surface area contributed by atoms with Gasteiger partial charge >= 0.3 is 5.97 Å². The van der Waals surface area contributed by atoms with Crippen molar-refractivity contribution in [3.8, 4) is 0 Å². The molecule has 1 aliphatic heterocycles. The summed E-state index contributed by atoms with van der Waals surface area (Å²) >= 11 is 1.46. The molecule has 1 aliphatic rings. The number of ether oxygens (including phenoxy) is 2. The first kappa shape index (κ1) is 18.6. The molecule has 0 amide bonds. The van der Waals surface area contributed by atoms with Crippen LogP contribution in [0.25, 0.3) is 10.2 Å². The number of aromatic nitrogens is 3. The fourth-order valence-electron chi connectivity index (χ4n) is 3.07. The van der Waals surface area contributed by atoms with Gasteiger partial charge in [-0.2, -0.15) is 0 Å². The zero-order chi connectivity index (χ0) is 19.7. The van der Waals surface area contributed by atoms with Gasteiger partial charge in [0.2, 0.25) is 0 Å². The molecule has 3 aromatic heterocycles. The maximum atomic E-state index is 12.3. The van der Waals surface area contributed by atoms with Crippen LogP contribution in [0, 0.1) is 13.8 Å². The maximum Gasteiger partial charge on any atom is 0.340 e. The largest absolute Gasteiger partial charge is 0.454 e. The number of esters is 1. The second-order valence-electron chi connectivity index (χ2n) is 6.56. The molecular formula is C19H20N4O4S. The molecule has 8 nitrogen and oxygen atoms in total. The van der Waals surface area contributed by atoms with Crippen LogP contribution in [0.5, 0.6) is 0 Å². The number of pyridine rings is 1. The van der Waals surface area contributed by atoms with Crippen LogP contribution in [-0.4, -0.2) is 47.2 Å². The number of morpholine rings is 1. The Morgan fingerprint density at radius 3 is 2.82 bits per heavy atom. The van der Waals surface area contributed by atoms with E-state index in [1.165, 1.54) is 17.5 Å². The predicted molar refractivity (Wildman–Crippen MR) is 106 cm³/mol. The molecule has 9 heteroatoms. The molecule has 0 bridgehead atoms. The van der Waals surface area contributed by atoms with Gasteiger partial charge in [-0.15, -0.1) is 11.3 Å². The van der Waals surface area contributed by atoms with Gasteiger partial charge in [0.05, 0.1) is 24.2 Å². The SMILES string of the molecule is Cc1sc2nc(COC(=O)c3ccc(N4CCOCC4)nc3)[nH]c(=O)c2c1C. The van der Waals surface area contributed by atoms with Crippen molar-refractivity contribution in [1.82, 2.24) is 15.0 Å². The standard InChI is InChI=1S/C19H20N4O4S/c1-11-12(2)28-18-16(11)17(24)21-14(22-18)10-27-19(25)13-3-4-15(20-9-13)23-5-7-26-8-6-23/h3-4,9H,5-8,10H2,1-2H3,(H,21,22,24). The van der Waals surface area contributed by atoms with E-state index in [2.05, 4.69) is 19.9 Å². The first-order valence-electron chi connectivity index (χ1n) is 8.97. The minimum atomic E-state index is -0.512. The lowest BCUT2D eigenvalue weighted by Gasteiger charge is -2.27. The Morgan fingerprint density at radius 1 is 1.32 bits per heavy atom. The van der Waals surface area contributed by atoms with E-state index in [0.717, 1.165) is 29.3 Å².